The van der Waals surface area contributed by atoms with Crippen LogP contribution in [0.3, 0.4) is 0 Å². The summed E-state index contributed by atoms with van der Waals surface area (Å²) >= 11 is 6.07. The Labute approximate surface area is 118 Å². The molecule has 0 spiro atoms. The number of benzene rings is 1. The highest BCUT2D eigenvalue weighted by Crippen LogP contribution is 2.37. The molecule has 106 valence electrons. The molecule has 1 atom stereocenters. The molecule has 0 bridgehead atoms. The van der Waals surface area contributed by atoms with Crippen molar-refractivity contribution in [3.05, 3.63) is 34.4 Å². The van der Waals surface area contributed by atoms with Gasteiger partial charge >= 0.3 is 0 Å². The van der Waals surface area contributed by atoms with Crippen molar-refractivity contribution in [3.63, 3.8) is 0 Å². The second kappa shape index (κ2) is 6.67. The van der Waals surface area contributed by atoms with Crippen LogP contribution >= 0.6 is 11.6 Å². The Bertz CT molecular complexity index is 432. The topological polar surface area (TPSA) is 12.0 Å². The van der Waals surface area contributed by atoms with Gasteiger partial charge in [0.15, 0.2) is 11.6 Å². The molecule has 1 aliphatic rings. The minimum atomic E-state index is -0.883. The lowest BCUT2D eigenvalue weighted by Crippen LogP contribution is -2.27. The smallest absolute Gasteiger partial charge is 0.160 e. The molecule has 1 aromatic rings. The van der Waals surface area contributed by atoms with Crippen LogP contribution in [0.5, 0.6) is 0 Å². The van der Waals surface area contributed by atoms with Crippen LogP contribution in [0.4, 0.5) is 8.78 Å². The highest BCUT2D eigenvalue weighted by Gasteiger charge is 2.25. The van der Waals surface area contributed by atoms with E-state index < -0.39 is 11.6 Å². The van der Waals surface area contributed by atoms with Gasteiger partial charge in [-0.15, -0.1) is 0 Å². The summed E-state index contributed by atoms with van der Waals surface area (Å²) in [6, 6.07) is 2.34. The number of hydrogen-bond donors (Lipinski definition) is 1. The number of nitrogens with one attached hydrogen (secondary N) is 1. The van der Waals surface area contributed by atoms with Gasteiger partial charge in [-0.05, 0) is 43.0 Å². The van der Waals surface area contributed by atoms with Crippen LogP contribution in [0.2, 0.25) is 5.02 Å². The predicted octanol–water partition coefficient (Wildman–Crippen LogP) is 4.85. The van der Waals surface area contributed by atoms with Crippen LogP contribution in [0, 0.1) is 17.6 Å². The average molecular weight is 288 g/mol. The maximum absolute atomic E-state index is 13.4. The van der Waals surface area contributed by atoms with Crippen molar-refractivity contribution in [2.45, 2.75) is 45.1 Å². The SMILES string of the molecule is CCCNC(CC1CCC1)c1cc(F)c(F)cc1Cl. The van der Waals surface area contributed by atoms with Gasteiger partial charge in [0.1, 0.15) is 0 Å². The Morgan fingerprint density at radius 2 is 2.00 bits per heavy atom. The maximum atomic E-state index is 13.4. The number of halogens is 3. The summed E-state index contributed by atoms with van der Waals surface area (Å²) in [4.78, 5) is 0. The van der Waals surface area contributed by atoms with Crippen molar-refractivity contribution in [1.29, 1.82) is 0 Å². The first-order chi connectivity index (χ1) is 9.11. The van der Waals surface area contributed by atoms with Crippen molar-refractivity contribution in [3.8, 4) is 0 Å². The molecular weight excluding hydrogens is 268 g/mol. The lowest BCUT2D eigenvalue weighted by Gasteiger charge is -2.31. The van der Waals surface area contributed by atoms with Gasteiger partial charge in [-0.1, -0.05) is 37.8 Å². The summed E-state index contributed by atoms with van der Waals surface area (Å²) < 4.78 is 26.5. The third kappa shape index (κ3) is 3.67. The summed E-state index contributed by atoms with van der Waals surface area (Å²) in [6.45, 7) is 2.94. The second-order valence-corrected chi connectivity index (χ2v) is 5.73. The van der Waals surface area contributed by atoms with Gasteiger partial charge in [0, 0.05) is 11.1 Å². The van der Waals surface area contributed by atoms with Gasteiger partial charge < -0.3 is 5.32 Å². The predicted molar refractivity (Wildman–Crippen MR) is 74.4 cm³/mol. The van der Waals surface area contributed by atoms with E-state index >= 15 is 0 Å². The third-order valence-electron chi connectivity index (χ3n) is 3.85. The molecule has 0 aliphatic heterocycles. The maximum Gasteiger partial charge on any atom is 0.160 e. The van der Waals surface area contributed by atoms with Gasteiger partial charge in [0.2, 0.25) is 0 Å². The van der Waals surface area contributed by atoms with E-state index in [1.54, 1.807) is 0 Å². The fourth-order valence-electron chi connectivity index (χ4n) is 2.51. The fourth-order valence-corrected chi connectivity index (χ4v) is 2.79. The molecule has 0 aromatic heterocycles. The van der Waals surface area contributed by atoms with Gasteiger partial charge in [0.25, 0.3) is 0 Å². The van der Waals surface area contributed by atoms with Crippen molar-refractivity contribution in [2.75, 3.05) is 6.54 Å². The van der Waals surface area contributed by atoms with Crippen LogP contribution in [-0.2, 0) is 0 Å². The molecule has 0 radical (unpaired) electrons. The van der Waals surface area contributed by atoms with Crippen molar-refractivity contribution in [1.82, 2.24) is 5.32 Å². The van der Waals surface area contributed by atoms with Gasteiger partial charge in [0.05, 0.1) is 0 Å². The third-order valence-corrected chi connectivity index (χ3v) is 4.18. The molecule has 1 aliphatic carbocycles. The molecule has 1 aromatic carbocycles. The highest BCUT2D eigenvalue weighted by molar-refractivity contribution is 6.31. The molecule has 1 unspecified atom stereocenters. The van der Waals surface area contributed by atoms with Gasteiger partial charge in [-0.2, -0.15) is 0 Å². The second-order valence-electron chi connectivity index (χ2n) is 5.33. The molecule has 0 amide bonds. The van der Waals surface area contributed by atoms with E-state index in [9.17, 15) is 8.78 Å². The normalized spacial score (nSPS) is 17.3. The van der Waals surface area contributed by atoms with E-state index in [1.165, 1.54) is 25.3 Å². The molecule has 1 fully saturated rings. The molecule has 4 heteroatoms. The van der Waals surface area contributed by atoms with Crippen LogP contribution < -0.4 is 5.32 Å². The number of hydrogen-bond acceptors (Lipinski definition) is 1. The zero-order valence-electron chi connectivity index (χ0n) is 11.2. The van der Waals surface area contributed by atoms with Crippen molar-refractivity contribution < 1.29 is 8.78 Å². The molecule has 19 heavy (non-hydrogen) atoms. The van der Waals surface area contributed by atoms with Crippen LogP contribution in [0.15, 0.2) is 12.1 Å². The van der Waals surface area contributed by atoms with E-state index in [0.29, 0.717) is 16.5 Å². The lowest BCUT2D eigenvalue weighted by molar-refractivity contribution is 0.261. The van der Waals surface area contributed by atoms with E-state index in [2.05, 4.69) is 12.2 Å². The monoisotopic (exact) mass is 287 g/mol. The molecule has 1 saturated carbocycles. The molecular formula is C15H20ClF2N. The summed E-state index contributed by atoms with van der Waals surface area (Å²) in [7, 11) is 0. The van der Waals surface area contributed by atoms with Crippen molar-refractivity contribution >= 4 is 11.6 Å². The molecule has 1 N–H and O–H groups in total. The Balaban J connectivity index is 2.17. The van der Waals surface area contributed by atoms with E-state index in [0.717, 1.165) is 25.5 Å². The fraction of sp³-hybridized carbons (Fsp3) is 0.600. The summed E-state index contributed by atoms with van der Waals surface area (Å²) in [5.41, 5.74) is 0.681. The molecule has 1 nitrogen and oxygen atoms in total. The van der Waals surface area contributed by atoms with E-state index in [-0.39, 0.29) is 6.04 Å². The quantitative estimate of drug-likeness (QED) is 0.738. The zero-order chi connectivity index (χ0) is 13.8. The highest BCUT2D eigenvalue weighted by atomic mass is 35.5. The van der Waals surface area contributed by atoms with Crippen LogP contribution in [-0.4, -0.2) is 6.54 Å². The first kappa shape index (κ1) is 14.7. The van der Waals surface area contributed by atoms with E-state index in [1.807, 2.05) is 0 Å². The lowest BCUT2D eigenvalue weighted by atomic mass is 9.79. The molecule has 0 saturated heterocycles. The minimum Gasteiger partial charge on any atom is -0.310 e. The average Bonchev–Trinajstić information content (AvgIpc) is 2.32. The summed E-state index contributed by atoms with van der Waals surface area (Å²) in [5, 5.41) is 3.71. The minimum absolute atomic E-state index is 0.0212. The molecule has 2 rings (SSSR count). The van der Waals surface area contributed by atoms with Crippen LogP contribution in [0.1, 0.15) is 50.6 Å². The van der Waals surface area contributed by atoms with Crippen LogP contribution in [0.25, 0.3) is 0 Å². The Morgan fingerprint density at radius 3 is 2.58 bits per heavy atom. The first-order valence-electron chi connectivity index (χ1n) is 6.99. The Hall–Kier alpha value is -0.670. The largest absolute Gasteiger partial charge is 0.310 e. The van der Waals surface area contributed by atoms with Gasteiger partial charge in [-0.25, -0.2) is 8.78 Å². The Kier molecular flexibility index (Phi) is 5.17. The number of rotatable bonds is 6. The van der Waals surface area contributed by atoms with Crippen molar-refractivity contribution in [2.24, 2.45) is 5.92 Å². The molecule has 0 heterocycles. The summed E-state index contributed by atoms with van der Waals surface area (Å²) in [5.74, 6) is -1.03. The zero-order valence-corrected chi connectivity index (χ0v) is 11.9. The standard InChI is InChI=1S/C15H20ClF2N/c1-2-6-19-15(7-10-4-3-5-10)11-8-13(17)14(18)9-12(11)16/h8-10,15,19H,2-7H2,1H3. The first-order valence-corrected chi connectivity index (χ1v) is 7.37. The van der Waals surface area contributed by atoms with Gasteiger partial charge in [-0.3, -0.25) is 0 Å². The van der Waals surface area contributed by atoms with E-state index in [4.69, 9.17) is 11.6 Å². The summed E-state index contributed by atoms with van der Waals surface area (Å²) in [6.07, 6.45) is 5.68. The Morgan fingerprint density at radius 1 is 1.32 bits per heavy atom.